The van der Waals surface area contributed by atoms with Crippen LogP contribution in [0.15, 0.2) is 73.1 Å². The van der Waals surface area contributed by atoms with Gasteiger partial charge < -0.3 is 31.1 Å². The lowest BCUT2D eigenvalue weighted by molar-refractivity contribution is -0.146. The van der Waals surface area contributed by atoms with Gasteiger partial charge in [0.15, 0.2) is 0 Å². The number of benzene rings is 1. The number of carbonyl (C=O) groups is 1. The quantitative estimate of drug-likeness (QED) is 0.0476. The molecule has 0 saturated heterocycles. The zero-order chi connectivity index (χ0) is 39.2. The average molecular weight is 755 g/mol. The number of carboxylic acids is 1. The Labute approximate surface area is 330 Å². The van der Waals surface area contributed by atoms with E-state index in [1.54, 1.807) is 6.20 Å². The molecule has 0 bridgehead atoms. The Kier molecular flexibility index (Phi) is 16.4. The molecule has 1 fully saturated rings. The Bertz CT molecular complexity index is 1610. The third kappa shape index (κ3) is 13.0. The van der Waals surface area contributed by atoms with E-state index in [0.717, 1.165) is 69.0 Å². The Morgan fingerprint density at radius 1 is 0.964 bits per heavy atom. The summed E-state index contributed by atoms with van der Waals surface area (Å²) >= 11 is 0. The summed E-state index contributed by atoms with van der Waals surface area (Å²) in [5.74, 6) is -0.219. The Hall–Kier alpha value is -3.46. The van der Waals surface area contributed by atoms with E-state index in [-0.39, 0.29) is 30.3 Å². The normalized spacial score (nSPS) is 25.5. The molecule has 3 aromatic rings. The lowest BCUT2D eigenvalue weighted by Crippen LogP contribution is -2.37. The minimum absolute atomic E-state index is 0.0645. The molecule has 2 aliphatic rings. The van der Waals surface area contributed by atoms with E-state index < -0.39 is 23.6 Å². The van der Waals surface area contributed by atoms with Gasteiger partial charge in [0.2, 0.25) is 0 Å². The molecule has 0 spiro atoms. The van der Waals surface area contributed by atoms with Crippen LogP contribution in [0.25, 0.3) is 0 Å². The Morgan fingerprint density at radius 3 is 2.51 bits per heavy atom. The van der Waals surface area contributed by atoms with Crippen LogP contribution in [0, 0.1) is 29.6 Å². The van der Waals surface area contributed by atoms with Gasteiger partial charge in [-0.15, -0.1) is 0 Å². The Morgan fingerprint density at radius 2 is 1.76 bits per heavy atom. The standard InChI is InChI=1S/C47H68N3O5/c1-3-4-7-14-35-19-20-38(44(52)27-35)15-10-6-11-16-42(46(53)54)43(51)21-23-47(55)31-37(25-36-22-24-49-45(48)28-36)26-40(47)30-41-29-39(32-50-41)33(2)17-18-34-12-8-5-9-13-34/h5,8-9,12-13,19-20,22,24,28-29,32-33,35,37-38,40,42-44,51-52,55H,3-4,6-7,10-11,14-18,21,23,25-27,30-31H2,1-2H3,(H2,48,49)(H,53,54)/q-1/t33-,35-,37-,38-,40+,42+,43-,44-,47+/m1/s1. The van der Waals surface area contributed by atoms with Gasteiger partial charge in [0.05, 0.1) is 23.7 Å². The van der Waals surface area contributed by atoms with E-state index in [1.807, 2.05) is 24.4 Å². The highest BCUT2D eigenvalue weighted by molar-refractivity contribution is 5.70. The highest BCUT2D eigenvalue weighted by atomic mass is 16.4. The van der Waals surface area contributed by atoms with Gasteiger partial charge in [-0.3, -0.25) is 4.79 Å². The summed E-state index contributed by atoms with van der Waals surface area (Å²) in [4.78, 5) is 21.3. The minimum atomic E-state index is -1.05. The SMILES string of the molecule is CCCCC[C@@H]1C=C[C@@H](CCCCC[C@H](C(=O)O)[C@H](O)CC[C@]2(O)C[C@H](Cc3ccnc(N)c3)C[C@H]2Cc2cc([C@H](C)CCc3ccccc3)c[n-]2)[C@H](O)C1. The molecule has 2 heterocycles. The maximum absolute atomic E-state index is 12.4. The number of aliphatic hydroxyl groups excluding tert-OH is 2. The molecule has 0 amide bonds. The molecule has 8 nitrogen and oxygen atoms in total. The summed E-state index contributed by atoms with van der Waals surface area (Å²) in [6, 6.07) is 16.6. The van der Waals surface area contributed by atoms with Crippen LogP contribution in [0.2, 0.25) is 0 Å². The summed E-state index contributed by atoms with van der Waals surface area (Å²) in [5.41, 5.74) is 9.56. The average Bonchev–Trinajstić information content (AvgIpc) is 3.76. The number of carboxylic acid groups (broad SMARTS) is 1. The first-order valence-electron chi connectivity index (χ1n) is 21.4. The van der Waals surface area contributed by atoms with Crippen LogP contribution in [0.1, 0.15) is 138 Å². The van der Waals surface area contributed by atoms with Gasteiger partial charge >= 0.3 is 5.97 Å². The van der Waals surface area contributed by atoms with Crippen LogP contribution in [-0.2, 0) is 24.1 Å². The molecule has 5 rings (SSSR count). The van der Waals surface area contributed by atoms with E-state index in [9.17, 15) is 25.2 Å². The summed E-state index contributed by atoms with van der Waals surface area (Å²) < 4.78 is 0. The molecule has 2 aliphatic carbocycles. The van der Waals surface area contributed by atoms with Crippen molar-refractivity contribution < 1.29 is 25.2 Å². The molecule has 1 aromatic carbocycles. The van der Waals surface area contributed by atoms with Gasteiger partial charge in [-0.2, -0.15) is 11.9 Å². The van der Waals surface area contributed by atoms with Crippen LogP contribution >= 0.6 is 0 Å². The smallest absolute Gasteiger partial charge is 0.309 e. The number of anilines is 1. The van der Waals surface area contributed by atoms with Crippen molar-refractivity contribution in [2.24, 2.45) is 29.6 Å². The highest BCUT2D eigenvalue weighted by Crippen LogP contribution is 2.46. The number of allylic oxidation sites excluding steroid dienone is 1. The van der Waals surface area contributed by atoms with Crippen molar-refractivity contribution in [1.29, 1.82) is 0 Å². The molecule has 2 aromatic heterocycles. The van der Waals surface area contributed by atoms with Crippen molar-refractivity contribution in [2.75, 3.05) is 5.73 Å². The third-order valence-electron chi connectivity index (χ3n) is 12.9. The number of aryl methyl sites for hydroxylation is 1. The lowest BCUT2D eigenvalue weighted by atomic mass is 9.80. The molecule has 55 heavy (non-hydrogen) atoms. The van der Waals surface area contributed by atoms with Crippen LogP contribution in [-0.4, -0.2) is 49.2 Å². The fraction of sp³-hybridized carbons (Fsp3) is 0.617. The molecule has 0 radical (unpaired) electrons. The molecular formula is C47H68N3O5-. The van der Waals surface area contributed by atoms with Crippen molar-refractivity contribution >= 4 is 11.8 Å². The first kappa shape index (κ1) is 42.7. The highest BCUT2D eigenvalue weighted by Gasteiger charge is 2.45. The number of nitrogens with two attached hydrogens (primary N) is 1. The van der Waals surface area contributed by atoms with Gasteiger partial charge in [-0.05, 0) is 124 Å². The molecule has 0 unspecified atom stereocenters. The van der Waals surface area contributed by atoms with E-state index in [4.69, 9.17) is 10.7 Å². The Balaban J connectivity index is 1.14. The fourth-order valence-electron chi connectivity index (χ4n) is 9.47. The molecule has 0 aliphatic heterocycles. The molecule has 6 N–H and O–H groups in total. The second-order valence-electron chi connectivity index (χ2n) is 17.2. The molecule has 302 valence electrons. The number of aromatic nitrogens is 2. The number of aliphatic hydroxyl groups is 3. The molecule has 9 atom stereocenters. The van der Waals surface area contributed by atoms with Gasteiger partial charge in [-0.25, -0.2) is 4.98 Å². The number of aliphatic carboxylic acids is 1. The number of pyridine rings is 1. The number of rotatable bonds is 23. The predicted octanol–water partition coefficient (Wildman–Crippen LogP) is 8.83. The third-order valence-corrected chi connectivity index (χ3v) is 12.9. The van der Waals surface area contributed by atoms with Gasteiger partial charge in [0, 0.05) is 12.1 Å². The topological polar surface area (TPSA) is 151 Å². The van der Waals surface area contributed by atoms with Gasteiger partial charge in [-0.1, -0.05) is 106 Å². The lowest BCUT2D eigenvalue weighted by Gasteiger charge is -2.33. The molecule has 8 heteroatoms. The van der Waals surface area contributed by atoms with Crippen LogP contribution in [0.5, 0.6) is 0 Å². The summed E-state index contributed by atoms with van der Waals surface area (Å²) in [7, 11) is 0. The number of nitrogen functional groups attached to an aromatic ring is 1. The minimum Gasteiger partial charge on any atom is -0.667 e. The maximum atomic E-state index is 12.4. The largest absolute Gasteiger partial charge is 0.667 e. The number of nitrogens with zero attached hydrogens (tertiary/aromatic N) is 2. The van der Waals surface area contributed by atoms with Crippen molar-refractivity contribution in [3.8, 4) is 0 Å². The van der Waals surface area contributed by atoms with Crippen molar-refractivity contribution in [1.82, 2.24) is 9.97 Å². The van der Waals surface area contributed by atoms with E-state index in [0.29, 0.717) is 49.8 Å². The van der Waals surface area contributed by atoms with Crippen molar-refractivity contribution in [3.63, 3.8) is 0 Å². The zero-order valence-corrected chi connectivity index (χ0v) is 33.4. The van der Waals surface area contributed by atoms with Crippen molar-refractivity contribution in [2.45, 2.75) is 153 Å². The first-order valence-corrected chi connectivity index (χ1v) is 21.4. The summed E-state index contributed by atoms with van der Waals surface area (Å²) in [5, 5.41) is 44.5. The predicted molar refractivity (Wildman–Crippen MR) is 220 cm³/mol. The number of hydrogen-bond donors (Lipinski definition) is 5. The van der Waals surface area contributed by atoms with Crippen molar-refractivity contribution in [3.05, 3.63) is 95.5 Å². The van der Waals surface area contributed by atoms with Gasteiger partial charge in [0.1, 0.15) is 5.82 Å². The van der Waals surface area contributed by atoms with Crippen LogP contribution in [0.4, 0.5) is 5.82 Å². The van der Waals surface area contributed by atoms with Crippen LogP contribution < -0.4 is 10.7 Å². The summed E-state index contributed by atoms with van der Waals surface area (Å²) in [6.07, 6.45) is 21.7. The number of unbranched alkanes of at least 4 members (excludes halogenated alkanes) is 4. The molecule has 1 saturated carbocycles. The zero-order valence-electron chi connectivity index (χ0n) is 33.4. The number of hydrogen-bond acceptors (Lipinski definition) is 6. The van der Waals surface area contributed by atoms with Crippen LogP contribution in [0.3, 0.4) is 0 Å². The summed E-state index contributed by atoms with van der Waals surface area (Å²) in [6.45, 7) is 4.46. The monoisotopic (exact) mass is 755 g/mol. The first-order chi connectivity index (χ1) is 26.5. The van der Waals surface area contributed by atoms with E-state index in [1.165, 1.54) is 30.4 Å². The second-order valence-corrected chi connectivity index (χ2v) is 17.2. The maximum Gasteiger partial charge on any atom is 0.309 e. The van der Waals surface area contributed by atoms with E-state index >= 15 is 0 Å². The fourth-order valence-corrected chi connectivity index (χ4v) is 9.47. The second kappa shape index (κ2) is 21.2. The van der Waals surface area contributed by atoms with Gasteiger partial charge in [0.25, 0.3) is 0 Å². The molecular weight excluding hydrogens is 687 g/mol. The van der Waals surface area contributed by atoms with E-state index in [2.05, 4.69) is 61.3 Å².